The second-order valence-corrected chi connectivity index (χ2v) is 8.98. The summed E-state index contributed by atoms with van der Waals surface area (Å²) in [4.78, 5) is 30.0. The van der Waals surface area contributed by atoms with Crippen LogP contribution in [0, 0.1) is 0 Å². The third-order valence-corrected chi connectivity index (χ3v) is 6.61. The minimum absolute atomic E-state index is 0.0706. The maximum atomic E-state index is 12.4. The van der Waals surface area contributed by atoms with Crippen LogP contribution in [0.5, 0.6) is 11.5 Å². The highest BCUT2D eigenvalue weighted by atomic mass is 16.5. The zero-order valence-electron chi connectivity index (χ0n) is 20.5. The van der Waals surface area contributed by atoms with Gasteiger partial charge < -0.3 is 24.4 Å². The number of amides is 1. The maximum Gasteiger partial charge on any atom is 0.222 e. The number of nitrogens with zero attached hydrogens (tertiary/aromatic N) is 5. The predicted octanol–water partition coefficient (Wildman–Crippen LogP) is 3.97. The minimum Gasteiger partial charge on any atom is -0.507 e. The van der Waals surface area contributed by atoms with Crippen molar-refractivity contribution in [2.45, 2.75) is 32.1 Å². The van der Waals surface area contributed by atoms with Crippen LogP contribution in [0.4, 0.5) is 5.69 Å². The van der Waals surface area contributed by atoms with Gasteiger partial charge in [0, 0.05) is 55.7 Å². The summed E-state index contributed by atoms with van der Waals surface area (Å²) in [6.45, 7) is 3.45. The van der Waals surface area contributed by atoms with Crippen LogP contribution in [0.25, 0.3) is 5.76 Å². The first-order chi connectivity index (χ1) is 17.7. The summed E-state index contributed by atoms with van der Waals surface area (Å²) >= 11 is 0. The number of likely N-dealkylation sites (tertiary alicyclic amines) is 1. The molecule has 3 aliphatic heterocycles. The van der Waals surface area contributed by atoms with E-state index in [2.05, 4.69) is 9.98 Å². The Kier molecular flexibility index (Phi) is 7.16. The summed E-state index contributed by atoms with van der Waals surface area (Å²) < 4.78 is 11.8. The van der Waals surface area contributed by atoms with E-state index in [-0.39, 0.29) is 11.7 Å². The number of amidine groups is 2. The van der Waals surface area contributed by atoms with E-state index in [9.17, 15) is 9.90 Å². The number of fused-ring (bicyclic) bond motifs is 3. The van der Waals surface area contributed by atoms with Crippen LogP contribution in [-0.2, 0) is 4.79 Å². The number of aliphatic hydroxyl groups is 1. The lowest BCUT2D eigenvalue weighted by molar-refractivity contribution is -0.132. The van der Waals surface area contributed by atoms with Crippen molar-refractivity contribution in [3.8, 4) is 11.5 Å². The summed E-state index contributed by atoms with van der Waals surface area (Å²) in [6.07, 6.45) is 9.38. The molecule has 1 aromatic carbocycles. The Morgan fingerprint density at radius 3 is 2.81 bits per heavy atom. The number of carbonyl (C=O) groups excluding carboxylic acids is 1. The number of methoxy groups -OCH3 is 1. The molecule has 5 rings (SSSR count). The number of pyridine rings is 1. The van der Waals surface area contributed by atoms with E-state index in [1.165, 1.54) is 6.42 Å². The Hall–Kier alpha value is -3.88. The average Bonchev–Trinajstić information content (AvgIpc) is 3.42. The Labute approximate surface area is 210 Å². The highest BCUT2D eigenvalue weighted by molar-refractivity contribution is 6.20. The SMILES string of the molecule is COc1c(OCCCC(=O)N2CCCCC2)ccc2c1N=C(/C=C(\O)c1cccnc1)N1CCN=C21. The van der Waals surface area contributed by atoms with Crippen LogP contribution in [0.15, 0.2) is 52.7 Å². The van der Waals surface area contributed by atoms with E-state index >= 15 is 0 Å². The minimum atomic E-state index is 0.0706. The monoisotopic (exact) mass is 489 g/mol. The van der Waals surface area contributed by atoms with Crippen LogP contribution in [0.1, 0.15) is 43.2 Å². The lowest BCUT2D eigenvalue weighted by atomic mass is 10.1. The quantitative estimate of drug-likeness (QED) is 0.445. The molecule has 0 saturated carbocycles. The Bertz CT molecular complexity index is 1200. The lowest BCUT2D eigenvalue weighted by Crippen LogP contribution is -2.36. The number of aliphatic hydroxyl groups excluding tert-OH is 1. The van der Waals surface area contributed by atoms with Crippen molar-refractivity contribution in [2.75, 3.05) is 39.9 Å². The van der Waals surface area contributed by atoms with Crippen molar-refractivity contribution in [1.29, 1.82) is 0 Å². The molecule has 1 N–H and O–H groups in total. The first-order valence-electron chi connectivity index (χ1n) is 12.5. The van der Waals surface area contributed by atoms with Gasteiger partial charge in [0.05, 0.1) is 20.3 Å². The van der Waals surface area contributed by atoms with E-state index in [4.69, 9.17) is 14.5 Å². The number of rotatable bonds is 8. The number of ether oxygens (including phenoxy) is 2. The van der Waals surface area contributed by atoms with Gasteiger partial charge in [-0.2, -0.15) is 0 Å². The van der Waals surface area contributed by atoms with Gasteiger partial charge in [-0.15, -0.1) is 0 Å². The first kappa shape index (κ1) is 23.8. The Morgan fingerprint density at radius 2 is 2.03 bits per heavy atom. The van der Waals surface area contributed by atoms with Gasteiger partial charge in [-0.25, -0.2) is 4.99 Å². The molecule has 0 aliphatic carbocycles. The Morgan fingerprint density at radius 1 is 1.17 bits per heavy atom. The molecule has 0 unspecified atom stereocenters. The van der Waals surface area contributed by atoms with Crippen molar-refractivity contribution in [2.24, 2.45) is 9.98 Å². The fourth-order valence-corrected chi connectivity index (χ4v) is 4.77. The molecular weight excluding hydrogens is 458 g/mol. The largest absolute Gasteiger partial charge is 0.507 e. The molecule has 1 amide bonds. The topological polar surface area (TPSA) is 99.8 Å². The van der Waals surface area contributed by atoms with Gasteiger partial charge in [-0.1, -0.05) is 0 Å². The zero-order valence-corrected chi connectivity index (χ0v) is 20.5. The van der Waals surface area contributed by atoms with E-state index in [1.54, 1.807) is 37.7 Å². The zero-order chi connectivity index (χ0) is 24.9. The van der Waals surface area contributed by atoms with Gasteiger partial charge in [-0.05, 0) is 49.9 Å². The molecular formula is C27H31N5O4. The fraction of sp³-hybridized carbons (Fsp3) is 0.407. The highest BCUT2D eigenvalue weighted by Crippen LogP contribution is 2.43. The Balaban J connectivity index is 1.35. The molecule has 4 heterocycles. The van der Waals surface area contributed by atoms with E-state index < -0.39 is 0 Å². The number of aliphatic imine (C=N–C) groups is 2. The predicted molar refractivity (Wildman–Crippen MR) is 138 cm³/mol. The molecule has 0 atom stereocenters. The van der Waals surface area contributed by atoms with Gasteiger partial charge in [-0.3, -0.25) is 14.8 Å². The molecule has 188 valence electrons. The van der Waals surface area contributed by atoms with Crippen molar-refractivity contribution < 1.29 is 19.4 Å². The first-order valence-corrected chi connectivity index (χ1v) is 12.5. The van der Waals surface area contributed by atoms with E-state index in [0.29, 0.717) is 61.1 Å². The summed E-state index contributed by atoms with van der Waals surface area (Å²) in [5.41, 5.74) is 2.07. The van der Waals surface area contributed by atoms with Crippen LogP contribution in [-0.4, -0.2) is 77.4 Å². The third kappa shape index (κ3) is 4.91. The standard InChI is InChI=1S/C27H31N5O4/c1-35-26-22(36-16-6-8-24(34)31-13-3-2-4-14-31)10-9-20-25(26)30-23(32-15-12-29-27(20)32)17-21(33)19-7-5-11-28-18-19/h5,7,9-11,17-18,33H,2-4,6,8,12-16H2,1H3/b21-17-. The summed E-state index contributed by atoms with van der Waals surface area (Å²) in [5.74, 6) is 2.71. The average molecular weight is 490 g/mol. The smallest absolute Gasteiger partial charge is 0.222 e. The fourth-order valence-electron chi connectivity index (χ4n) is 4.77. The van der Waals surface area contributed by atoms with Gasteiger partial charge in [0.15, 0.2) is 11.5 Å². The van der Waals surface area contributed by atoms with E-state index in [1.807, 2.05) is 21.9 Å². The normalized spacial score (nSPS) is 17.2. The van der Waals surface area contributed by atoms with Crippen LogP contribution in [0.3, 0.4) is 0 Å². The third-order valence-electron chi connectivity index (χ3n) is 6.61. The molecule has 9 heteroatoms. The van der Waals surface area contributed by atoms with Crippen molar-refractivity contribution >= 4 is 29.0 Å². The molecule has 1 aromatic heterocycles. The lowest BCUT2D eigenvalue weighted by Gasteiger charge is -2.27. The molecule has 0 bridgehead atoms. The molecule has 2 aromatic rings. The van der Waals surface area contributed by atoms with Crippen LogP contribution < -0.4 is 9.47 Å². The van der Waals surface area contributed by atoms with Gasteiger partial charge in [0.2, 0.25) is 5.91 Å². The number of aromatic nitrogens is 1. The molecule has 1 fully saturated rings. The maximum absolute atomic E-state index is 12.4. The van der Waals surface area contributed by atoms with E-state index in [0.717, 1.165) is 37.3 Å². The number of hydrogen-bond acceptors (Lipinski definition) is 8. The van der Waals surface area contributed by atoms with Crippen LogP contribution in [0.2, 0.25) is 0 Å². The molecule has 3 aliphatic rings. The highest BCUT2D eigenvalue weighted by Gasteiger charge is 2.32. The van der Waals surface area contributed by atoms with Gasteiger partial charge in [0.25, 0.3) is 0 Å². The van der Waals surface area contributed by atoms with Crippen molar-refractivity contribution in [3.05, 3.63) is 53.9 Å². The van der Waals surface area contributed by atoms with Gasteiger partial charge >= 0.3 is 0 Å². The molecule has 36 heavy (non-hydrogen) atoms. The second kappa shape index (κ2) is 10.8. The number of hydrogen-bond donors (Lipinski definition) is 1. The van der Waals surface area contributed by atoms with Gasteiger partial charge in [0.1, 0.15) is 23.1 Å². The van der Waals surface area contributed by atoms with Crippen molar-refractivity contribution in [1.82, 2.24) is 14.8 Å². The summed E-state index contributed by atoms with van der Waals surface area (Å²) in [5, 5.41) is 10.7. The number of benzene rings is 1. The molecule has 0 radical (unpaired) electrons. The number of carbonyl (C=O) groups is 1. The molecule has 1 saturated heterocycles. The molecule has 0 spiro atoms. The van der Waals surface area contributed by atoms with Crippen molar-refractivity contribution in [3.63, 3.8) is 0 Å². The summed E-state index contributed by atoms with van der Waals surface area (Å²) in [7, 11) is 1.59. The molecule has 9 nitrogen and oxygen atoms in total. The summed E-state index contributed by atoms with van der Waals surface area (Å²) in [6, 6.07) is 7.37. The van der Waals surface area contributed by atoms with Crippen LogP contribution >= 0.6 is 0 Å². The second-order valence-electron chi connectivity index (χ2n) is 8.98. The number of piperidine rings is 1.